The number of hydrogen-bond acceptors (Lipinski definition) is 2. The van der Waals surface area contributed by atoms with E-state index in [1.54, 1.807) is 23.1 Å². The molecule has 0 spiro atoms. The summed E-state index contributed by atoms with van der Waals surface area (Å²) in [5, 5.41) is 0.997. The van der Waals surface area contributed by atoms with Crippen LogP contribution < -0.4 is 4.90 Å². The van der Waals surface area contributed by atoms with Crippen molar-refractivity contribution in [2.24, 2.45) is 4.99 Å². The normalized spacial score (nSPS) is 15.3. The zero-order valence-electron chi connectivity index (χ0n) is 12.7. The highest BCUT2D eigenvalue weighted by Gasteiger charge is 2.33. The monoisotopic (exact) mass is 346 g/mol. The van der Waals surface area contributed by atoms with Crippen LogP contribution in [0.2, 0.25) is 10.0 Å². The van der Waals surface area contributed by atoms with Crippen molar-refractivity contribution in [3.63, 3.8) is 0 Å². The van der Waals surface area contributed by atoms with Gasteiger partial charge in [-0.3, -0.25) is 4.79 Å². The Morgan fingerprint density at radius 1 is 1.09 bits per heavy atom. The van der Waals surface area contributed by atoms with Crippen LogP contribution in [0.4, 0.5) is 11.4 Å². The van der Waals surface area contributed by atoms with E-state index in [9.17, 15) is 4.79 Å². The van der Waals surface area contributed by atoms with Crippen molar-refractivity contribution in [2.45, 2.75) is 19.8 Å². The second-order valence-electron chi connectivity index (χ2n) is 5.42. The van der Waals surface area contributed by atoms with Crippen LogP contribution in [0.1, 0.15) is 25.3 Å². The molecule has 0 aromatic heterocycles. The Hall–Kier alpha value is -1.84. The molecule has 2 aromatic rings. The van der Waals surface area contributed by atoms with E-state index in [0.717, 1.165) is 24.1 Å². The summed E-state index contributed by atoms with van der Waals surface area (Å²) in [6.45, 7) is 2.80. The number of nitrogens with zero attached hydrogens (tertiary/aromatic N) is 2. The fourth-order valence-electron chi connectivity index (χ4n) is 2.64. The summed E-state index contributed by atoms with van der Waals surface area (Å²) in [6, 6.07) is 12.8. The van der Waals surface area contributed by atoms with Crippen molar-refractivity contribution in [3.8, 4) is 0 Å². The van der Waals surface area contributed by atoms with Gasteiger partial charge in [0.25, 0.3) is 5.91 Å². The van der Waals surface area contributed by atoms with E-state index in [1.165, 1.54) is 0 Å². The number of halogens is 2. The van der Waals surface area contributed by atoms with Gasteiger partial charge in [-0.1, -0.05) is 54.7 Å². The SMILES string of the molecule is CCCCN1C(=O)C(=Nc2cc(Cl)cc(Cl)c2)c2ccccc21. The molecule has 1 aliphatic heterocycles. The summed E-state index contributed by atoms with van der Waals surface area (Å²) in [5.74, 6) is -0.0734. The standard InChI is InChI=1S/C18H16Cl2N2O/c1-2-3-8-22-16-7-5-4-6-15(16)17(18(22)23)21-14-10-12(19)9-13(20)11-14/h4-7,9-11H,2-3,8H2,1H3. The summed E-state index contributed by atoms with van der Waals surface area (Å²) in [5.41, 5.74) is 2.79. The van der Waals surface area contributed by atoms with Crippen molar-refractivity contribution >= 4 is 46.2 Å². The molecular formula is C18H16Cl2N2O. The first kappa shape index (κ1) is 16.0. The highest BCUT2D eigenvalue weighted by atomic mass is 35.5. The van der Waals surface area contributed by atoms with Gasteiger partial charge in [0.15, 0.2) is 0 Å². The minimum atomic E-state index is -0.0734. The Kier molecular flexibility index (Phi) is 4.69. The van der Waals surface area contributed by atoms with Crippen LogP contribution in [-0.4, -0.2) is 18.2 Å². The lowest BCUT2D eigenvalue weighted by Crippen LogP contribution is -2.30. The lowest BCUT2D eigenvalue weighted by molar-refractivity contribution is -0.112. The molecule has 1 heterocycles. The fraction of sp³-hybridized carbons (Fsp3) is 0.222. The molecule has 0 aliphatic carbocycles. The molecule has 0 fully saturated rings. The van der Waals surface area contributed by atoms with Crippen molar-refractivity contribution in [1.82, 2.24) is 0 Å². The number of benzene rings is 2. The molecule has 0 saturated heterocycles. The van der Waals surface area contributed by atoms with Gasteiger partial charge in [-0.2, -0.15) is 0 Å². The van der Waals surface area contributed by atoms with Crippen LogP contribution in [0.5, 0.6) is 0 Å². The Bertz CT molecular complexity index is 766. The predicted octanol–water partition coefficient (Wildman–Crippen LogP) is 5.26. The van der Waals surface area contributed by atoms with Gasteiger partial charge < -0.3 is 4.90 Å². The first-order valence-corrected chi connectivity index (χ1v) is 8.32. The van der Waals surface area contributed by atoms with Crippen molar-refractivity contribution in [1.29, 1.82) is 0 Å². The van der Waals surface area contributed by atoms with Crippen molar-refractivity contribution in [3.05, 3.63) is 58.1 Å². The van der Waals surface area contributed by atoms with Gasteiger partial charge in [0, 0.05) is 22.2 Å². The maximum Gasteiger partial charge on any atom is 0.277 e. The van der Waals surface area contributed by atoms with Gasteiger partial charge in [-0.25, -0.2) is 4.99 Å². The molecule has 0 N–H and O–H groups in total. The predicted molar refractivity (Wildman–Crippen MR) is 96.4 cm³/mol. The van der Waals surface area contributed by atoms with Crippen LogP contribution in [0.25, 0.3) is 0 Å². The van der Waals surface area contributed by atoms with Crippen LogP contribution in [0.3, 0.4) is 0 Å². The third-order valence-corrected chi connectivity index (χ3v) is 4.16. The van der Waals surface area contributed by atoms with Crippen molar-refractivity contribution in [2.75, 3.05) is 11.4 Å². The molecule has 3 rings (SSSR count). The van der Waals surface area contributed by atoms with Crippen LogP contribution in [0, 0.1) is 0 Å². The Morgan fingerprint density at radius 2 is 1.78 bits per heavy atom. The van der Waals surface area contributed by atoms with E-state index in [-0.39, 0.29) is 5.91 Å². The first-order valence-electron chi connectivity index (χ1n) is 7.56. The van der Waals surface area contributed by atoms with E-state index in [4.69, 9.17) is 23.2 Å². The zero-order chi connectivity index (χ0) is 16.4. The number of amides is 1. The number of carbonyl (C=O) groups excluding carboxylic acids is 1. The minimum Gasteiger partial charge on any atom is -0.306 e. The number of para-hydroxylation sites is 1. The van der Waals surface area contributed by atoms with Gasteiger partial charge in [0.2, 0.25) is 0 Å². The van der Waals surface area contributed by atoms with Gasteiger partial charge in [0.1, 0.15) is 5.71 Å². The summed E-state index contributed by atoms with van der Waals surface area (Å²) in [4.78, 5) is 19.1. The molecule has 2 aromatic carbocycles. The molecule has 5 heteroatoms. The van der Waals surface area contributed by atoms with E-state index >= 15 is 0 Å². The third kappa shape index (κ3) is 3.26. The Labute approximate surface area is 145 Å². The fourth-order valence-corrected chi connectivity index (χ4v) is 3.16. The third-order valence-electron chi connectivity index (χ3n) is 3.72. The highest BCUT2D eigenvalue weighted by Crippen LogP contribution is 2.32. The molecule has 0 unspecified atom stereocenters. The quantitative estimate of drug-likeness (QED) is 0.742. The number of aliphatic imine (C=N–C) groups is 1. The summed E-state index contributed by atoms with van der Waals surface area (Å²) >= 11 is 12.0. The Morgan fingerprint density at radius 3 is 2.48 bits per heavy atom. The molecule has 118 valence electrons. The van der Waals surface area contributed by atoms with Gasteiger partial charge >= 0.3 is 0 Å². The van der Waals surface area contributed by atoms with Crippen LogP contribution in [-0.2, 0) is 4.79 Å². The number of hydrogen-bond donors (Lipinski definition) is 0. The maximum absolute atomic E-state index is 12.8. The van der Waals surface area contributed by atoms with Crippen LogP contribution in [0.15, 0.2) is 47.5 Å². The molecule has 1 amide bonds. The average molecular weight is 347 g/mol. The second-order valence-corrected chi connectivity index (χ2v) is 6.29. The largest absolute Gasteiger partial charge is 0.306 e. The lowest BCUT2D eigenvalue weighted by Gasteiger charge is -2.15. The van der Waals surface area contributed by atoms with E-state index < -0.39 is 0 Å². The lowest BCUT2D eigenvalue weighted by atomic mass is 10.1. The van der Waals surface area contributed by atoms with Crippen molar-refractivity contribution < 1.29 is 4.79 Å². The topological polar surface area (TPSA) is 32.7 Å². The minimum absolute atomic E-state index is 0.0734. The number of unbranched alkanes of at least 4 members (excludes halogenated alkanes) is 1. The summed E-state index contributed by atoms with van der Waals surface area (Å²) < 4.78 is 0. The van der Waals surface area contributed by atoms with Gasteiger partial charge in [-0.15, -0.1) is 0 Å². The summed E-state index contributed by atoms with van der Waals surface area (Å²) in [6.07, 6.45) is 1.98. The van der Waals surface area contributed by atoms with Gasteiger partial charge in [0.05, 0.1) is 11.4 Å². The van der Waals surface area contributed by atoms with Crippen LogP contribution >= 0.6 is 23.2 Å². The highest BCUT2D eigenvalue weighted by molar-refractivity contribution is 6.54. The average Bonchev–Trinajstić information content (AvgIpc) is 2.77. The van der Waals surface area contributed by atoms with Gasteiger partial charge in [-0.05, 0) is 30.7 Å². The molecular weight excluding hydrogens is 331 g/mol. The number of carbonyl (C=O) groups is 1. The van der Waals surface area contributed by atoms with E-state index in [0.29, 0.717) is 28.0 Å². The number of fused-ring (bicyclic) bond motifs is 1. The molecule has 1 aliphatic rings. The second kappa shape index (κ2) is 6.73. The Balaban J connectivity index is 2.05. The molecule has 0 atom stereocenters. The zero-order valence-corrected chi connectivity index (χ0v) is 14.2. The van der Waals surface area contributed by atoms with E-state index in [2.05, 4.69) is 11.9 Å². The molecule has 23 heavy (non-hydrogen) atoms. The smallest absolute Gasteiger partial charge is 0.277 e. The molecule has 0 saturated carbocycles. The molecule has 0 bridgehead atoms. The number of rotatable bonds is 4. The molecule has 0 radical (unpaired) electrons. The summed E-state index contributed by atoms with van der Waals surface area (Å²) in [7, 11) is 0. The number of anilines is 1. The maximum atomic E-state index is 12.8. The first-order chi connectivity index (χ1) is 11.1. The molecule has 3 nitrogen and oxygen atoms in total. The van der Waals surface area contributed by atoms with E-state index in [1.807, 2.05) is 24.3 Å².